The SMILES string of the molecule is COc1ccc(C(C)NC(=S)NCc2ccc(Cl)cc2)cc1. The second kappa shape index (κ2) is 8.01. The molecule has 3 nitrogen and oxygen atoms in total. The van der Waals surface area contributed by atoms with Crippen molar-refractivity contribution < 1.29 is 4.74 Å². The maximum Gasteiger partial charge on any atom is 0.167 e. The predicted molar refractivity (Wildman–Crippen MR) is 95.4 cm³/mol. The lowest BCUT2D eigenvalue weighted by Crippen LogP contribution is -2.36. The van der Waals surface area contributed by atoms with E-state index < -0.39 is 0 Å². The first-order chi connectivity index (χ1) is 10.6. The van der Waals surface area contributed by atoms with Gasteiger partial charge in [-0.1, -0.05) is 35.9 Å². The second-order valence-corrected chi connectivity index (χ2v) is 5.79. The topological polar surface area (TPSA) is 33.3 Å². The summed E-state index contributed by atoms with van der Waals surface area (Å²) in [5.41, 5.74) is 2.28. The predicted octanol–water partition coefficient (Wildman–Crippen LogP) is 4.07. The molecule has 0 spiro atoms. The highest BCUT2D eigenvalue weighted by molar-refractivity contribution is 7.80. The van der Waals surface area contributed by atoms with E-state index in [-0.39, 0.29) is 6.04 Å². The van der Waals surface area contributed by atoms with Gasteiger partial charge in [0.1, 0.15) is 5.75 Å². The van der Waals surface area contributed by atoms with E-state index in [2.05, 4.69) is 17.6 Å². The smallest absolute Gasteiger partial charge is 0.167 e. The molecular formula is C17H19ClN2OS. The highest BCUT2D eigenvalue weighted by Crippen LogP contribution is 2.17. The Balaban J connectivity index is 1.83. The van der Waals surface area contributed by atoms with Crippen molar-refractivity contribution in [2.75, 3.05) is 7.11 Å². The normalized spacial score (nSPS) is 11.6. The van der Waals surface area contributed by atoms with Crippen LogP contribution in [0.25, 0.3) is 0 Å². The molecule has 1 unspecified atom stereocenters. The molecule has 22 heavy (non-hydrogen) atoms. The Labute approximate surface area is 141 Å². The Bertz CT molecular complexity index is 614. The van der Waals surface area contributed by atoms with Gasteiger partial charge in [-0.3, -0.25) is 0 Å². The van der Waals surface area contributed by atoms with E-state index in [1.807, 2.05) is 48.5 Å². The van der Waals surface area contributed by atoms with Crippen molar-refractivity contribution in [2.45, 2.75) is 19.5 Å². The third kappa shape index (κ3) is 4.90. The monoisotopic (exact) mass is 334 g/mol. The fourth-order valence-electron chi connectivity index (χ4n) is 2.01. The quantitative estimate of drug-likeness (QED) is 0.807. The van der Waals surface area contributed by atoms with Crippen molar-refractivity contribution >= 4 is 28.9 Å². The summed E-state index contributed by atoms with van der Waals surface area (Å²) >= 11 is 11.2. The van der Waals surface area contributed by atoms with Crippen molar-refractivity contribution in [1.82, 2.24) is 10.6 Å². The van der Waals surface area contributed by atoms with Crippen LogP contribution in [0.15, 0.2) is 48.5 Å². The van der Waals surface area contributed by atoms with Crippen molar-refractivity contribution in [3.63, 3.8) is 0 Å². The van der Waals surface area contributed by atoms with Crippen LogP contribution in [0.1, 0.15) is 24.1 Å². The maximum atomic E-state index is 5.87. The molecule has 0 heterocycles. The summed E-state index contributed by atoms with van der Waals surface area (Å²) in [6.45, 7) is 2.73. The van der Waals surface area contributed by atoms with Crippen LogP contribution in [-0.4, -0.2) is 12.2 Å². The molecule has 0 saturated heterocycles. The largest absolute Gasteiger partial charge is 0.497 e. The molecule has 5 heteroatoms. The Hall–Kier alpha value is -1.78. The molecule has 0 aliphatic carbocycles. The molecular weight excluding hydrogens is 316 g/mol. The summed E-state index contributed by atoms with van der Waals surface area (Å²) < 4.78 is 5.16. The number of nitrogens with one attached hydrogen (secondary N) is 2. The van der Waals surface area contributed by atoms with Gasteiger partial charge in [0.05, 0.1) is 13.2 Å². The first-order valence-electron chi connectivity index (χ1n) is 7.01. The summed E-state index contributed by atoms with van der Waals surface area (Å²) in [7, 11) is 1.66. The van der Waals surface area contributed by atoms with Crippen molar-refractivity contribution in [3.8, 4) is 5.75 Å². The lowest BCUT2D eigenvalue weighted by Gasteiger charge is -2.17. The molecule has 0 bridgehead atoms. The van der Waals surface area contributed by atoms with Crippen molar-refractivity contribution in [1.29, 1.82) is 0 Å². The zero-order valence-corrected chi connectivity index (χ0v) is 14.2. The van der Waals surface area contributed by atoms with E-state index in [1.165, 1.54) is 0 Å². The van der Waals surface area contributed by atoms with Gasteiger partial charge in [-0.05, 0) is 54.5 Å². The first kappa shape index (κ1) is 16.6. The summed E-state index contributed by atoms with van der Waals surface area (Å²) in [4.78, 5) is 0. The Kier molecular flexibility index (Phi) is 6.04. The van der Waals surface area contributed by atoms with Gasteiger partial charge in [-0.2, -0.15) is 0 Å². The highest BCUT2D eigenvalue weighted by Gasteiger charge is 2.07. The number of hydrogen-bond donors (Lipinski definition) is 2. The van der Waals surface area contributed by atoms with Crippen LogP contribution in [0, 0.1) is 0 Å². The standard InChI is InChI=1S/C17H19ClN2OS/c1-12(14-5-9-16(21-2)10-6-14)20-17(22)19-11-13-3-7-15(18)8-4-13/h3-10,12H,11H2,1-2H3,(H2,19,20,22). The van der Waals surface area contributed by atoms with Crippen LogP contribution in [0.3, 0.4) is 0 Å². The average Bonchev–Trinajstić information content (AvgIpc) is 2.54. The van der Waals surface area contributed by atoms with Crippen LogP contribution in [0.2, 0.25) is 5.02 Å². The van der Waals surface area contributed by atoms with E-state index in [0.29, 0.717) is 11.7 Å². The maximum absolute atomic E-state index is 5.87. The van der Waals surface area contributed by atoms with Crippen LogP contribution >= 0.6 is 23.8 Å². The molecule has 0 aromatic heterocycles. The van der Waals surface area contributed by atoms with Gasteiger partial charge in [0.2, 0.25) is 0 Å². The van der Waals surface area contributed by atoms with E-state index >= 15 is 0 Å². The number of rotatable bonds is 5. The van der Waals surface area contributed by atoms with Crippen LogP contribution in [0.5, 0.6) is 5.75 Å². The summed E-state index contributed by atoms with van der Waals surface area (Å²) in [6, 6.07) is 15.8. The van der Waals surface area contributed by atoms with Gasteiger partial charge in [-0.25, -0.2) is 0 Å². The van der Waals surface area contributed by atoms with Gasteiger partial charge in [-0.15, -0.1) is 0 Å². The summed E-state index contributed by atoms with van der Waals surface area (Å²) in [5, 5.41) is 7.82. The van der Waals surface area contributed by atoms with E-state index in [1.54, 1.807) is 7.11 Å². The third-order valence-corrected chi connectivity index (χ3v) is 3.84. The summed E-state index contributed by atoms with van der Waals surface area (Å²) in [6.07, 6.45) is 0. The number of benzene rings is 2. The molecule has 0 aliphatic rings. The zero-order chi connectivity index (χ0) is 15.9. The van der Waals surface area contributed by atoms with Crippen LogP contribution in [-0.2, 0) is 6.54 Å². The van der Waals surface area contributed by atoms with Crippen molar-refractivity contribution in [2.24, 2.45) is 0 Å². The molecule has 2 aromatic rings. The Morgan fingerprint density at radius 2 is 1.77 bits per heavy atom. The number of hydrogen-bond acceptors (Lipinski definition) is 2. The molecule has 0 saturated carbocycles. The van der Waals surface area contributed by atoms with E-state index in [9.17, 15) is 0 Å². The zero-order valence-electron chi connectivity index (χ0n) is 12.6. The fraction of sp³-hybridized carbons (Fsp3) is 0.235. The minimum absolute atomic E-state index is 0.121. The van der Waals surface area contributed by atoms with Gasteiger partial charge in [0.25, 0.3) is 0 Å². The molecule has 116 valence electrons. The molecule has 0 amide bonds. The minimum Gasteiger partial charge on any atom is -0.497 e. The number of ether oxygens (including phenoxy) is 1. The van der Waals surface area contributed by atoms with Gasteiger partial charge >= 0.3 is 0 Å². The van der Waals surface area contributed by atoms with Crippen molar-refractivity contribution in [3.05, 3.63) is 64.7 Å². The first-order valence-corrected chi connectivity index (χ1v) is 7.80. The number of methoxy groups -OCH3 is 1. The lowest BCUT2D eigenvalue weighted by molar-refractivity contribution is 0.414. The molecule has 0 radical (unpaired) electrons. The molecule has 1 atom stereocenters. The molecule has 2 rings (SSSR count). The van der Waals surface area contributed by atoms with Crippen LogP contribution < -0.4 is 15.4 Å². The molecule has 2 N–H and O–H groups in total. The third-order valence-electron chi connectivity index (χ3n) is 3.33. The molecule has 0 fully saturated rings. The van der Waals surface area contributed by atoms with Crippen LogP contribution in [0.4, 0.5) is 0 Å². The molecule has 2 aromatic carbocycles. The number of halogens is 1. The lowest BCUT2D eigenvalue weighted by atomic mass is 10.1. The van der Waals surface area contributed by atoms with Gasteiger partial charge in [0.15, 0.2) is 5.11 Å². The van der Waals surface area contributed by atoms with E-state index in [4.69, 9.17) is 28.6 Å². The van der Waals surface area contributed by atoms with E-state index in [0.717, 1.165) is 21.9 Å². The van der Waals surface area contributed by atoms with Gasteiger partial charge < -0.3 is 15.4 Å². The Morgan fingerprint density at radius 3 is 2.36 bits per heavy atom. The second-order valence-electron chi connectivity index (χ2n) is 4.95. The highest BCUT2D eigenvalue weighted by atomic mass is 35.5. The summed E-state index contributed by atoms with van der Waals surface area (Å²) in [5.74, 6) is 0.847. The molecule has 0 aliphatic heterocycles. The Morgan fingerprint density at radius 1 is 1.14 bits per heavy atom. The fourth-order valence-corrected chi connectivity index (χ4v) is 2.38. The van der Waals surface area contributed by atoms with Gasteiger partial charge in [0, 0.05) is 11.6 Å². The number of thiocarbonyl (C=S) groups is 1. The average molecular weight is 335 g/mol. The minimum atomic E-state index is 0.121.